The molecule has 0 radical (unpaired) electrons. The first-order chi connectivity index (χ1) is 10.6. The monoisotopic (exact) mass is 297 g/mol. The van der Waals surface area contributed by atoms with Crippen molar-refractivity contribution in [3.05, 3.63) is 81.9 Å². The van der Waals surface area contributed by atoms with Crippen molar-refractivity contribution < 1.29 is 14.5 Å². The maximum atomic E-state index is 11.8. The molecule has 0 heterocycles. The third-order valence-corrected chi connectivity index (χ3v) is 3.02. The van der Waals surface area contributed by atoms with Crippen molar-refractivity contribution in [1.29, 1.82) is 0 Å². The zero-order valence-corrected chi connectivity index (χ0v) is 12.1. The number of nitro groups is 1. The predicted molar refractivity (Wildman–Crippen MR) is 83.3 cm³/mol. The molecule has 0 aliphatic carbocycles. The first kappa shape index (κ1) is 15.4. The lowest BCUT2D eigenvalue weighted by Gasteiger charge is -2.09. The van der Waals surface area contributed by atoms with Crippen LogP contribution in [-0.4, -0.2) is 17.5 Å². The van der Waals surface area contributed by atoms with Crippen LogP contribution >= 0.6 is 0 Å². The van der Waals surface area contributed by atoms with Gasteiger partial charge in [-0.15, -0.1) is 0 Å². The molecule has 2 rings (SSSR count). The van der Waals surface area contributed by atoms with Crippen LogP contribution in [0.3, 0.4) is 0 Å². The van der Waals surface area contributed by atoms with Gasteiger partial charge in [0, 0.05) is 17.7 Å². The van der Waals surface area contributed by atoms with E-state index >= 15 is 0 Å². The Morgan fingerprint density at radius 1 is 1.14 bits per heavy atom. The van der Waals surface area contributed by atoms with Gasteiger partial charge in [0.25, 0.3) is 5.69 Å². The van der Waals surface area contributed by atoms with Crippen LogP contribution in [0.2, 0.25) is 0 Å². The van der Waals surface area contributed by atoms with E-state index in [1.54, 1.807) is 37.3 Å². The Bertz CT molecular complexity index is 708. The quantitative estimate of drug-likeness (QED) is 0.366. The summed E-state index contributed by atoms with van der Waals surface area (Å²) >= 11 is 0. The Morgan fingerprint density at radius 2 is 1.77 bits per heavy atom. The van der Waals surface area contributed by atoms with Crippen molar-refractivity contribution in [2.75, 3.05) is 6.61 Å². The highest BCUT2D eigenvalue weighted by Crippen LogP contribution is 2.30. The summed E-state index contributed by atoms with van der Waals surface area (Å²) in [5.74, 6) is -0.528. The van der Waals surface area contributed by atoms with Crippen molar-refractivity contribution in [1.82, 2.24) is 0 Å². The highest BCUT2D eigenvalue weighted by atomic mass is 16.6. The van der Waals surface area contributed by atoms with Crippen LogP contribution in [0.5, 0.6) is 0 Å². The molecule has 0 N–H and O–H groups in total. The smallest absolute Gasteiger partial charge is 0.331 e. The molecule has 0 aliphatic rings. The number of nitro benzene ring substituents is 1. The van der Waals surface area contributed by atoms with Gasteiger partial charge in [-0.05, 0) is 18.6 Å². The fourth-order valence-electron chi connectivity index (χ4n) is 2.10. The third kappa shape index (κ3) is 3.58. The van der Waals surface area contributed by atoms with Crippen LogP contribution in [0.1, 0.15) is 18.1 Å². The molecule has 0 amide bonds. The molecule has 112 valence electrons. The minimum atomic E-state index is -0.528. The fourth-order valence-corrected chi connectivity index (χ4v) is 2.10. The Labute approximate surface area is 128 Å². The summed E-state index contributed by atoms with van der Waals surface area (Å²) < 4.78 is 4.93. The van der Waals surface area contributed by atoms with Crippen LogP contribution in [-0.2, 0) is 9.53 Å². The number of carbonyl (C=O) groups excluding carboxylic acids is 1. The van der Waals surface area contributed by atoms with Gasteiger partial charge in [0.2, 0.25) is 0 Å². The molecule has 2 aromatic rings. The van der Waals surface area contributed by atoms with Crippen LogP contribution in [0.15, 0.2) is 60.7 Å². The van der Waals surface area contributed by atoms with Crippen molar-refractivity contribution in [3.8, 4) is 0 Å². The molecule has 0 spiro atoms. The maximum Gasteiger partial charge on any atom is 0.331 e. The SMILES string of the molecule is CCOC(=O)C=C(c1ccccc1)c1ccccc1[N+](=O)[O-]. The third-order valence-electron chi connectivity index (χ3n) is 3.02. The second-order valence-electron chi connectivity index (χ2n) is 4.45. The zero-order valence-electron chi connectivity index (χ0n) is 12.1. The Morgan fingerprint density at radius 3 is 2.41 bits per heavy atom. The van der Waals surface area contributed by atoms with E-state index in [9.17, 15) is 14.9 Å². The van der Waals surface area contributed by atoms with Gasteiger partial charge in [-0.2, -0.15) is 0 Å². The number of hydrogen-bond donors (Lipinski definition) is 0. The topological polar surface area (TPSA) is 69.4 Å². The van der Waals surface area contributed by atoms with E-state index in [1.807, 2.05) is 18.2 Å². The molecule has 0 unspecified atom stereocenters. The van der Waals surface area contributed by atoms with E-state index < -0.39 is 10.9 Å². The average Bonchev–Trinajstić information content (AvgIpc) is 2.53. The molecule has 5 nitrogen and oxygen atoms in total. The number of nitrogens with zero attached hydrogens (tertiary/aromatic N) is 1. The van der Waals surface area contributed by atoms with E-state index in [0.717, 1.165) is 0 Å². The van der Waals surface area contributed by atoms with Gasteiger partial charge >= 0.3 is 5.97 Å². The number of ether oxygens (including phenoxy) is 1. The Hall–Kier alpha value is -2.95. The summed E-state index contributed by atoms with van der Waals surface area (Å²) in [7, 11) is 0. The van der Waals surface area contributed by atoms with Crippen molar-refractivity contribution in [3.63, 3.8) is 0 Å². The highest BCUT2D eigenvalue weighted by Gasteiger charge is 2.18. The van der Waals surface area contributed by atoms with Gasteiger partial charge in [0.05, 0.1) is 17.1 Å². The summed E-state index contributed by atoms with van der Waals surface area (Å²) in [6.45, 7) is 1.95. The molecule has 0 bridgehead atoms. The van der Waals surface area contributed by atoms with E-state index in [2.05, 4.69) is 0 Å². The molecule has 0 saturated heterocycles. The minimum Gasteiger partial charge on any atom is -0.463 e. The summed E-state index contributed by atoms with van der Waals surface area (Å²) in [4.78, 5) is 22.6. The van der Waals surface area contributed by atoms with Crippen molar-refractivity contribution >= 4 is 17.2 Å². The standard InChI is InChI=1S/C17H15NO4/c1-2-22-17(19)12-15(13-8-4-3-5-9-13)14-10-6-7-11-16(14)18(20)21/h3-12H,2H2,1H3. The Balaban J connectivity index is 2.60. The van der Waals surface area contributed by atoms with Crippen molar-refractivity contribution in [2.45, 2.75) is 6.92 Å². The van der Waals surface area contributed by atoms with Gasteiger partial charge in [0.15, 0.2) is 0 Å². The summed E-state index contributed by atoms with van der Waals surface area (Å²) in [5, 5.41) is 11.2. The number of carbonyl (C=O) groups is 1. The molecule has 0 atom stereocenters. The molecular formula is C17H15NO4. The van der Waals surface area contributed by atoms with E-state index in [0.29, 0.717) is 16.7 Å². The average molecular weight is 297 g/mol. The molecule has 22 heavy (non-hydrogen) atoms. The molecule has 0 saturated carbocycles. The second-order valence-corrected chi connectivity index (χ2v) is 4.45. The van der Waals surface area contributed by atoms with Crippen LogP contribution in [0, 0.1) is 10.1 Å². The van der Waals surface area contributed by atoms with Gasteiger partial charge in [-0.3, -0.25) is 10.1 Å². The zero-order chi connectivity index (χ0) is 15.9. The Kier molecular flexibility index (Phi) is 5.03. The highest BCUT2D eigenvalue weighted by molar-refractivity contribution is 5.97. The van der Waals surface area contributed by atoms with Gasteiger partial charge in [0.1, 0.15) is 0 Å². The summed E-state index contributed by atoms with van der Waals surface area (Å²) in [5.41, 5.74) is 1.50. The molecule has 2 aromatic carbocycles. The van der Waals surface area contributed by atoms with Crippen LogP contribution < -0.4 is 0 Å². The fraction of sp³-hybridized carbons (Fsp3) is 0.118. The lowest BCUT2D eigenvalue weighted by molar-refractivity contribution is -0.385. The molecule has 0 aliphatic heterocycles. The number of rotatable bonds is 5. The number of para-hydroxylation sites is 1. The minimum absolute atomic E-state index is 0.0538. The normalized spacial score (nSPS) is 11.0. The predicted octanol–water partition coefficient (Wildman–Crippen LogP) is 3.59. The molecule has 5 heteroatoms. The summed E-state index contributed by atoms with van der Waals surface area (Å²) in [6.07, 6.45) is 1.29. The lowest BCUT2D eigenvalue weighted by Crippen LogP contribution is -2.03. The number of benzene rings is 2. The van der Waals surface area contributed by atoms with Gasteiger partial charge in [-0.25, -0.2) is 4.79 Å². The molecular weight excluding hydrogens is 282 g/mol. The largest absolute Gasteiger partial charge is 0.463 e. The first-order valence-corrected chi connectivity index (χ1v) is 6.81. The lowest BCUT2D eigenvalue weighted by atomic mass is 9.96. The second kappa shape index (κ2) is 7.17. The van der Waals surface area contributed by atoms with E-state index in [-0.39, 0.29) is 12.3 Å². The summed E-state index contributed by atoms with van der Waals surface area (Å²) in [6, 6.07) is 15.4. The van der Waals surface area contributed by atoms with Crippen molar-refractivity contribution in [2.24, 2.45) is 0 Å². The van der Waals surface area contributed by atoms with E-state index in [1.165, 1.54) is 12.1 Å². The number of hydrogen-bond acceptors (Lipinski definition) is 4. The van der Waals surface area contributed by atoms with Crippen LogP contribution in [0.25, 0.3) is 5.57 Å². The van der Waals surface area contributed by atoms with Crippen LogP contribution in [0.4, 0.5) is 5.69 Å². The molecule has 0 fully saturated rings. The van der Waals surface area contributed by atoms with Gasteiger partial charge in [-0.1, -0.05) is 42.5 Å². The number of esters is 1. The van der Waals surface area contributed by atoms with Gasteiger partial charge < -0.3 is 4.74 Å². The molecule has 0 aromatic heterocycles. The first-order valence-electron chi connectivity index (χ1n) is 6.81. The maximum absolute atomic E-state index is 11.8. The van der Waals surface area contributed by atoms with E-state index in [4.69, 9.17) is 4.74 Å².